The van der Waals surface area contributed by atoms with Crippen molar-refractivity contribution in [3.8, 4) is 0 Å². The van der Waals surface area contributed by atoms with Gasteiger partial charge in [-0.1, -0.05) is 32.3 Å². The van der Waals surface area contributed by atoms with Gasteiger partial charge in [0.15, 0.2) is 0 Å². The molecule has 0 N–H and O–H groups in total. The summed E-state index contributed by atoms with van der Waals surface area (Å²) in [4.78, 5) is 0. The van der Waals surface area contributed by atoms with Crippen LogP contribution >= 0.6 is 0 Å². The molecule has 1 fully saturated rings. The highest BCUT2D eigenvalue weighted by Crippen LogP contribution is 2.38. The Hall–Kier alpha value is -0.150. The maximum atomic E-state index is 12.2. The fourth-order valence-corrected chi connectivity index (χ4v) is 3.49. The van der Waals surface area contributed by atoms with Crippen molar-refractivity contribution in [1.82, 2.24) is 4.31 Å². The standard InChI is InChI=1S/C13H25NOS/c1-6-8-9-10-12-11(7-2)14(12)16(15)13(3,4)5/h7,11-12H,2,6,8-10H2,1,3-5H3/t11-,12-,14?,16-/m1/s1. The van der Waals surface area contributed by atoms with Gasteiger partial charge in [0.1, 0.15) is 11.0 Å². The lowest BCUT2D eigenvalue weighted by molar-refractivity contribution is 0.578. The van der Waals surface area contributed by atoms with Gasteiger partial charge in [0, 0.05) is 6.04 Å². The number of unbranched alkanes of at least 4 members (excludes halogenated alkanes) is 2. The molecule has 1 heterocycles. The molecule has 0 spiro atoms. The van der Waals surface area contributed by atoms with Crippen LogP contribution in [-0.4, -0.2) is 25.3 Å². The second-order valence-electron chi connectivity index (χ2n) is 5.51. The molecule has 94 valence electrons. The van der Waals surface area contributed by atoms with Gasteiger partial charge in [0.2, 0.25) is 0 Å². The lowest BCUT2D eigenvalue weighted by Crippen LogP contribution is -2.28. The van der Waals surface area contributed by atoms with Crippen LogP contribution in [0.2, 0.25) is 0 Å². The SMILES string of the molecule is C=C[C@@H]1[C@@H](CCCCC)N1[S@](=O)C(C)(C)C. The Morgan fingerprint density at radius 1 is 1.38 bits per heavy atom. The minimum atomic E-state index is -0.881. The fourth-order valence-electron chi connectivity index (χ4n) is 1.99. The Kier molecular flexibility index (Phi) is 4.74. The van der Waals surface area contributed by atoms with Crippen molar-refractivity contribution in [2.75, 3.05) is 0 Å². The Morgan fingerprint density at radius 2 is 2.00 bits per heavy atom. The zero-order valence-corrected chi connectivity index (χ0v) is 11.8. The van der Waals surface area contributed by atoms with E-state index < -0.39 is 11.0 Å². The van der Waals surface area contributed by atoms with Crippen molar-refractivity contribution in [2.45, 2.75) is 70.2 Å². The van der Waals surface area contributed by atoms with Crippen molar-refractivity contribution in [3.63, 3.8) is 0 Å². The lowest BCUT2D eigenvalue weighted by Gasteiger charge is -2.18. The molecule has 0 saturated carbocycles. The maximum absolute atomic E-state index is 12.2. The van der Waals surface area contributed by atoms with E-state index in [4.69, 9.17) is 0 Å². The first-order valence-electron chi connectivity index (χ1n) is 6.26. The number of nitrogens with zero attached hydrogens (tertiary/aromatic N) is 1. The zero-order chi connectivity index (χ0) is 12.3. The molecule has 1 saturated heterocycles. The Morgan fingerprint density at radius 3 is 2.44 bits per heavy atom. The van der Waals surface area contributed by atoms with E-state index in [1.54, 1.807) is 0 Å². The van der Waals surface area contributed by atoms with Gasteiger partial charge in [-0.05, 0) is 27.2 Å². The smallest absolute Gasteiger partial charge is 0.101 e. The molecule has 1 aliphatic heterocycles. The number of hydrogen-bond donors (Lipinski definition) is 0. The molecular formula is C13H25NOS. The minimum Gasteiger partial charge on any atom is -0.242 e. The van der Waals surface area contributed by atoms with Crippen LogP contribution in [-0.2, 0) is 11.0 Å². The van der Waals surface area contributed by atoms with Crippen molar-refractivity contribution >= 4 is 11.0 Å². The Balaban J connectivity index is 2.49. The third kappa shape index (κ3) is 3.17. The van der Waals surface area contributed by atoms with Crippen LogP contribution in [0.25, 0.3) is 0 Å². The van der Waals surface area contributed by atoms with Crippen LogP contribution in [0.3, 0.4) is 0 Å². The lowest BCUT2D eigenvalue weighted by atomic mass is 10.1. The quantitative estimate of drug-likeness (QED) is 0.398. The molecule has 0 aromatic rings. The molecule has 16 heavy (non-hydrogen) atoms. The van der Waals surface area contributed by atoms with E-state index in [9.17, 15) is 4.21 Å². The van der Waals surface area contributed by atoms with Crippen molar-refractivity contribution in [3.05, 3.63) is 12.7 Å². The number of rotatable bonds is 6. The van der Waals surface area contributed by atoms with Crippen LogP contribution in [0.5, 0.6) is 0 Å². The Labute approximate surface area is 103 Å². The van der Waals surface area contributed by atoms with Gasteiger partial charge >= 0.3 is 0 Å². The third-order valence-corrected chi connectivity index (χ3v) is 4.93. The van der Waals surface area contributed by atoms with Crippen molar-refractivity contribution < 1.29 is 4.21 Å². The normalized spacial score (nSPS) is 31.1. The molecule has 4 atom stereocenters. The van der Waals surface area contributed by atoms with Crippen LogP contribution in [0.1, 0.15) is 53.4 Å². The van der Waals surface area contributed by atoms with E-state index >= 15 is 0 Å². The van der Waals surface area contributed by atoms with Gasteiger partial charge in [-0.3, -0.25) is 0 Å². The summed E-state index contributed by atoms with van der Waals surface area (Å²) in [6.45, 7) is 12.1. The van der Waals surface area contributed by atoms with Crippen molar-refractivity contribution in [2.24, 2.45) is 0 Å². The minimum absolute atomic E-state index is 0.152. The maximum Gasteiger partial charge on any atom is 0.101 e. The third-order valence-electron chi connectivity index (χ3n) is 2.99. The zero-order valence-electron chi connectivity index (χ0n) is 11.0. The summed E-state index contributed by atoms with van der Waals surface area (Å²) in [6, 6.07) is 0.820. The van der Waals surface area contributed by atoms with E-state index in [-0.39, 0.29) is 4.75 Å². The summed E-state index contributed by atoms with van der Waals surface area (Å²) in [5.74, 6) is 0. The molecule has 0 aliphatic carbocycles. The van der Waals surface area contributed by atoms with E-state index in [2.05, 4.69) is 17.8 Å². The molecule has 3 heteroatoms. The summed E-state index contributed by atoms with van der Waals surface area (Å²) in [5.41, 5.74) is 0. The van der Waals surface area contributed by atoms with E-state index in [1.807, 2.05) is 26.8 Å². The number of hydrogen-bond acceptors (Lipinski definition) is 1. The largest absolute Gasteiger partial charge is 0.242 e. The average molecular weight is 243 g/mol. The Bertz CT molecular complexity index is 270. The first-order valence-corrected chi connectivity index (χ1v) is 7.37. The van der Waals surface area contributed by atoms with Gasteiger partial charge < -0.3 is 0 Å². The van der Waals surface area contributed by atoms with Crippen molar-refractivity contribution in [1.29, 1.82) is 0 Å². The predicted molar refractivity (Wildman–Crippen MR) is 71.6 cm³/mol. The summed E-state index contributed by atoms with van der Waals surface area (Å²) >= 11 is 0. The first kappa shape index (κ1) is 13.9. The fraction of sp³-hybridized carbons (Fsp3) is 0.846. The second-order valence-corrected chi connectivity index (χ2v) is 7.66. The van der Waals surface area contributed by atoms with Crippen LogP contribution in [0, 0.1) is 0 Å². The molecule has 0 aromatic carbocycles. The summed E-state index contributed by atoms with van der Waals surface area (Å²) < 4.78 is 14.2. The highest BCUT2D eigenvalue weighted by molar-refractivity contribution is 7.84. The van der Waals surface area contributed by atoms with Gasteiger partial charge in [0.05, 0.1) is 10.8 Å². The highest BCUT2D eigenvalue weighted by atomic mass is 32.2. The van der Waals surface area contributed by atoms with Crippen LogP contribution in [0.4, 0.5) is 0 Å². The topological polar surface area (TPSA) is 20.1 Å². The molecular weight excluding hydrogens is 218 g/mol. The predicted octanol–water partition coefficient (Wildman–Crippen LogP) is 3.27. The van der Waals surface area contributed by atoms with E-state index in [0.717, 1.165) is 6.42 Å². The molecule has 0 aromatic heterocycles. The summed E-state index contributed by atoms with van der Waals surface area (Å²) in [6.07, 6.45) is 6.86. The van der Waals surface area contributed by atoms with Crippen LogP contribution in [0.15, 0.2) is 12.7 Å². The molecule has 2 nitrogen and oxygen atoms in total. The monoisotopic (exact) mass is 243 g/mol. The molecule has 0 bridgehead atoms. The molecule has 0 amide bonds. The second kappa shape index (κ2) is 5.46. The average Bonchev–Trinajstić information content (AvgIpc) is 2.89. The molecule has 1 unspecified atom stereocenters. The van der Waals surface area contributed by atoms with E-state index in [1.165, 1.54) is 19.3 Å². The van der Waals surface area contributed by atoms with Gasteiger partial charge in [-0.2, -0.15) is 0 Å². The van der Waals surface area contributed by atoms with Gasteiger partial charge in [-0.25, -0.2) is 8.51 Å². The highest BCUT2D eigenvalue weighted by Gasteiger charge is 2.51. The van der Waals surface area contributed by atoms with E-state index in [0.29, 0.717) is 12.1 Å². The van der Waals surface area contributed by atoms with Crippen LogP contribution < -0.4 is 0 Å². The summed E-state index contributed by atoms with van der Waals surface area (Å²) in [5, 5.41) is 0. The summed E-state index contributed by atoms with van der Waals surface area (Å²) in [7, 11) is -0.881. The molecule has 1 aliphatic rings. The molecule has 1 rings (SSSR count). The van der Waals surface area contributed by atoms with Gasteiger partial charge in [0.25, 0.3) is 0 Å². The van der Waals surface area contributed by atoms with Gasteiger partial charge in [-0.15, -0.1) is 6.58 Å². The first-order chi connectivity index (χ1) is 7.43. The molecule has 0 radical (unpaired) electrons.